The number of ether oxygens (including phenoxy) is 1. The average molecular weight is 305 g/mol. The summed E-state index contributed by atoms with van der Waals surface area (Å²) in [5, 5.41) is 9.77. The molecule has 0 spiro atoms. The van der Waals surface area contributed by atoms with Crippen LogP contribution in [0.25, 0.3) is 0 Å². The van der Waals surface area contributed by atoms with E-state index < -0.39 is 5.60 Å². The molecule has 0 bridgehead atoms. The molecular formula is C15H19N3O2S. The van der Waals surface area contributed by atoms with Crippen molar-refractivity contribution in [2.24, 2.45) is 0 Å². The molecule has 0 aromatic carbocycles. The SMILES string of the molecule is Cc1ncccc1Oc1cc(SCC(C)(C)O)cnc1N. The lowest BCUT2D eigenvalue weighted by molar-refractivity contribution is 0.107. The van der Waals surface area contributed by atoms with Crippen molar-refractivity contribution in [3.8, 4) is 11.5 Å². The number of anilines is 1. The van der Waals surface area contributed by atoms with Crippen LogP contribution in [-0.4, -0.2) is 26.4 Å². The normalized spacial score (nSPS) is 11.4. The third kappa shape index (κ3) is 4.61. The zero-order chi connectivity index (χ0) is 15.5. The maximum absolute atomic E-state index is 9.77. The molecule has 0 unspecified atom stereocenters. The number of nitrogens with zero attached hydrogens (tertiary/aromatic N) is 2. The van der Waals surface area contributed by atoms with Crippen molar-refractivity contribution < 1.29 is 9.84 Å². The molecular weight excluding hydrogens is 286 g/mol. The number of hydrogen-bond donors (Lipinski definition) is 2. The fourth-order valence-electron chi connectivity index (χ4n) is 1.55. The van der Waals surface area contributed by atoms with E-state index in [2.05, 4.69) is 9.97 Å². The summed E-state index contributed by atoms with van der Waals surface area (Å²) < 4.78 is 5.79. The van der Waals surface area contributed by atoms with Crippen molar-refractivity contribution in [2.75, 3.05) is 11.5 Å². The number of rotatable bonds is 5. The fraction of sp³-hybridized carbons (Fsp3) is 0.333. The molecule has 0 aliphatic heterocycles. The lowest BCUT2D eigenvalue weighted by Crippen LogP contribution is -2.21. The van der Waals surface area contributed by atoms with Gasteiger partial charge in [0.2, 0.25) is 0 Å². The first-order valence-electron chi connectivity index (χ1n) is 6.55. The van der Waals surface area contributed by atoms with Gasteiger partial charge in [-0.25, -0.2) is 4.98 Å². The monoisotopic (exact) mass is 305 g/mol. The van der Waals surface area contributed by atoms with Crippen LogP contribution in [0.15, 0.2) is 35.5 Å². The average Bonchev–Trinajstić information content (AvgIpc) is 2.41. The summed E-state index contributed by atoms with van der Waals surface area (Å²) in [4.78, 5) is 9.20. The van der Waals surface area contributed by atoms with Crippen molar-refractivity contribution in [1.29, 1.82) is 0 Å². The van der Waals surface area contributed by atoms with Gasteiger partial charge in [0.1, 0.15) is 5.75 Å². The molecule has 2 rings (SSSR count). The second kappa shape index (κ2) is 6.32. The zero-order valence-corrected chi connectivity index (χ0v) is 13.1. The second-order valence-corrected chi connectivity index (χ2v) is 6.39. The van der Waals surface area contributed by atoms with Gasteiger partial charge in [-0.1, -0.05) is 0 Å². The van der Waals surface area contributed by atoms with E-state index in [1.54, 1.807) is 32.3 Å². The molecule has 0 saturated heterocycles. The number of nitrogens with two attached hydrogens (primary N) is 1. The zero-order valence-electron chi connectivity index (χ0n) is 12.3. The van der Waals surface area contributed by atoms with E-state index in [1.807, 2.05) is 19.1 Å². The highest BCUT2D eigenvalue weighted by atomic mass is 32.2. The predicted octanol–water partition coefficient (Wildman–Crippen LogP) is 3.02. The van der Waals surface area contributed by atoms with Gasteiger partial charge in [-0.05, 0) is 39.0 Å². The molecule has 0 radical (unpaired) electrons. The number of thioether (sulfide) groups is 1. The first-order chi connectivity index (χ1) is 9.85. The fourth-order valence-corrected chi connectivity index (χ4v) is 2.39. The van der Waals surface area contributed by atoms with Crippen LogP contribution in [0.3, 0.4) is 0 Å². The maximum Gasteiger partial charge on any atom is 0.170 e. The summed E-state index contributed by atoms with van der Waals surface area (Å²) in [5.41, 5.74) is 5.89. The molecule has 2 aromatic heterocycles. The topological polar surface area (TPSA) is 81.3 Å². The van der Waals surface area contributed by atoms with Crippen LogP contribution >= 0.6 is 11.8 Å². The molecule has 2 heterocycles. The van der Waals surface area contributed by atoms with E-state index in [-0.39, 0.29) is 0 Å². The van der Waals surface area contributed by atoms with Gasteiger partial charge in [0.15, 0.2) is 11.6 Å². The van der Waals surface area contributed by atoms with Gasteiger partial charge in [-0.2, -0.15) is 0 Å². The summed E-state index contributed by atoms with van der Waals surface area (Å²) >= 11 is 1.50. The van der Waals surface area contributed by atoms with E-state index in [0.29, 0.717) is 23.1 Å². The molecule has 2 aromatic rings. The lowest BCUT2D eigenvalue weighted by Gasteiger charge is -2.16. The Labute approximate surface area is 128 Å². The summed E-state index contributed by atoms with van der Waals surface area (Å²) in [6.07, 6.45) is 3.38. The van der Waals surface area contributed by atoms with Crippen molar-refractivity contribution in [2.45, 2.75) is 31.3 Å². The molecule has 112 valence electrons. The van der Waals surface area contributed by atoms with E-state index in [1.165, 1.54) is 11.8 Å². The Morgan fingerprint density at radius 1 is 1.33 bits per heavy atom. The highest BCUT2D eigenvalue weighted by molar-refractivity contribution is 7.99. The van der Waals surface area contributed by atoms with Gasteiger partial charge in [-0.3, -0.25) is 4.98 Å². The van der Waals surface area contributed by atoms with Crippen LogP contribution in [0.1, 0.15) is 19.5 Å². The van der Waals surface area contributed by atoms with Gasteiger partial charge >= 0.3 is 0 Å². The first-order valence-corrected chi connectivity index (χ1v) is 7.54. The Morgan fingerprint density at radius 3 is 2.76 bits per heavy atom. The minimum absolute atomic E-state index is 0.325. The van der Waals surface area contributed by atoms with Crippen LogP contribution in [0, 0.1) is 6.92 Å². The van der Waals surface area contributed by atoms with Gasteiger partial charge in [0, 0.05) is 23.0 Å². The molecule has 21 heavy (non-hydrogen) atoms. The van der Waals surface area contributed by atoms with Gasteiger partial charge in [0.25, 0.3) is 0 Å². The van der Waals surface area contributed by atoms with E-state index >= 15 is 0 Å². The Balaban J connectivity index is 2.18. The van der Waals surface area contributed by atoms with Crippen molar-refractivity contribution in [3.63, 3.8) is 0 Å². The second-order valence-electron chi connectivity index (χ2n) is 5.34. The summed E-state index contributed by atoms with van der Waals surface area (Å²) in [5.74, 6) is 2.03. The predicted molar refractivity (Wildman–Crippen MR) is 84.7 cm³/mol. The minimum atomic E-state index is -0.743. The quantitative estimate of drug-likeness (QED) is 0.826. The van der Waals surface area contributed by atoms with Crippen molar-refractivity contribution in [3.05, 3.63) is 36.3 Å². The van der Waals surface area contributed by atoms with Gasteiger partial charge in [-0.15, -0.1) is 11.8 Å². The maximum atomic E-state index is 9.77. The largest absolute Gasteiger partial charge is 0.452 e. The lowest BCUT2D eigenvalue weighted by atomic mass is 10.2. The molecule has 6 heteroatoms. The van der Waals surface area contributed by atoms with Crippen LogP contribution in [-0.2, 0) is 0 Å². The number of nitrogen functional groups attached to an aromatic ring is 1. The summed E-state index contributed by atoms with van der Waals surface area (Å²) in [6.45, 7) is 5.40. The molecule has 0 fully saturated rings. The highest BCUT2D eigenvalue weighted by Gasteiger charge is 2.14. The van der Waals surface area contributed by atoms with Gasteiger partial charge in [0.05, 0.1) is 11.3 Å². The van der Waals surface area contributed by atoms with E-state index in [4.69, 9.17) is 10.5 Å². The Morgan fingerprint density at radius 2 is 2.10 bits per heavy atom. The van der Waals surface area contributed by atoms with Crippen LogP contribution in [0.2, 0.25) is 0 Å². The summed E-state index contributed by atoms with van der Waals surface area (Å²) in [6, 6.07) is 5.46. The van der Waals surface area contributed by atoms with Crippen LogP contribution < -0.4 is 10.5 Å². The van der Waals surface area contributed by atoms with Crippen molar-refractivity contribution in [1.82, 2.24) is 9.97 Å². The highest BCUT2D eigenvalue weighted by Crippen LogP contribution is 2.32. The minimum Gasteiger partial charge on any atom is -0.452 e. The van der Waals surface area contributed by atoms with Crippen LogP contribution in [0.5, 0.6) is 11.5 Å². The molecule has 5 nitrogen and oxygen atoms in total. The Hall–Kier alpha value is -1.79. The van der Waals surface area contributed by atoms with E-state index in [0.717, 1.165) is 10.6 Å². The number of aromatic nitrogens is 2. The number of aliphatic hydroxyl groups is 1. The molecule has 0 atom stereocenters. The number of pyridine rings is 2. The van der Waals surface area contributed by atoms with Gasteiger partial charge < -0.3 is 15.6 Å². The third-order valence-corrected chi connectivity index (χ3v) is 4.03. The third-order valence-electron chi connectivity index (χ3n) is 2.63. The standard InChI is InChI=1S/C15H19N3O2S/c1-10-12(5-4-6-17-10)20-13-7-11(8-18-14(13)16)21-9-15(2,3)19/h4-8,19H,9H2,1-3H3,(H2,16,18). The number of aryl methyl sites for hydroxylation is 1. The Kier molecular flexibility index (Phi) is 4.69. The molecule has 0 saturated carbocycles. The molecule has 0 amide bonds. The summed E-state index contributed by atoms with van der Waals surface area (Å²) in [7, 11) is 0. The first kappa shape index (κ1) is 15.6. The number of hydrogen-bond acceptors (Lipinski definition) is 6. The molecule has 3 N–H and O–H groups in total. The van der Waals surface area contributed by atoms with Crippen molar-refractivity contribution >= 4 is 17.6 Å². The molecule has 0 aliphatic rings. The Bertz CT molecular complexity index is 627. The smallest absolute Gasteiger partial charge is 0.170 e. The molecule has 0 aliphatic carbocycles. The van der Waals surface area contributed by atoms with Crippen LogP contribution in [0.4, 0.5) is 5.82 Å². The van der Waals surface area contributed by atoms with E-state index in [9.17, 15) is 5.11 Å².